The Morgan fingerprint density at radius 3 is 2.46 bits per heavy atom. The predicted molar refractivity (Wildman–Crippen MR) is 94.9 cm³/mol. The van der Waals surface area contributed by atoms with Crippen molar-refractivity contribution in [3.63, 3.8) is 0 Å². The van der Waals surface area contributed by atoms with Crippen LogP contribution in [0.25, 0.3) is 0 Å². The van der Waals surface area contributed by atoms with Gasteiger partial charge in [-0.1, -0.05) is 22.0 Å². The van der Waals surface area contributed by atoms with E-state index in [1.165, 1.54) is 6.21 Å². The van der Waals surface area contributed by atoms with Crippen molar-refractivity contribution in [1.82, 2.24) is 5.43 Å². The van der Waals surface area contributed by atoms with Crippen LogP contribution in [-0.2, 0) is 4.79 Å². The maximum atomic E-state index is 11.7. The Kier molecular flexibility index (Phi) is 6.62. The molecule has 0 bridgehead atoms. The molecule has 2 rings (SSSR count). The second-order valence-corrected chi connectivity index (χ2v) is 5.60. The van der Waals surface area contributed by atoms with Crippen LogP contribution in [0.15, 0.2) is 52.0 Å². The van der Waals surface area contributed by atoms with Gasteiger partial charge >= 0.3 is 0 Å². The Morgan fingerprint density at radius 2 is 1.83 bits per heavy atom. The van der Waals surface area contributed by atoms with Crippen LogP contribution in [0.5, 0.6) is 17.2 Å². The summed E-state index contributed by atoms with van der Waals surface area (Å²) in [5.74, 6) is 1.52. The molecule has 0 aliphatic rings. The molecule has 7 heteroatoms. The third-order valence-corrected chi connectivity index (χ3v) is 3.44. The summed E-state index contributed by atoms with van der Waals surface area (Å²) in [5.41, 5.74) is 3.14. The average Bonchev–Trinajstić information content (AvgIpc) is 2.59. The van der Waals surface area contributed by atoms with E-state index in [2.05, 4.69) is 26.5 Å². The molecule has 1 N–H and O–H groups in total. The number of carbonyl (C=O) groups is 1. The minimum absolute atomic E-state index is 0.130. The monoisotopic (exact) mass is 392 g/mol. The summed E-state index contributed by atoms with van der Waals surface area (Å²) in [6.07, 6.45) is 1.50. The number of hydrazone groups is 1. The summed E-state index contributed by atoms with van der Waals surface area (Å²) in [5, 5.41) is 3.90. The SMILES string of the molecule is COc1cc(/C=N\NC(=O)COc2cccc(Br)c2)cc(OC)c1. The fourth-order valence-electron chi connectivity index (χ4n) is 1.82. The molecule has 1 amide bonds. The highest BCUT2D eigenvalue weighted by atomic mass is 79.9. The Balaban J connectivity index is 1.88. The molecule has 0 radical (unpaired) electrons. The molecule has 0 unspecified atom stereocenters. The molecule has 0 saturated carbocycles. The molecule has 0 fully saturated rings. The molecule has 0 aromatic heterocycles. The lowest BCUT2D eigenvalue weighted by molar-refractivity contribution is -0.123. The third-order valence-electron chi connectivity index (χ3n) is 2.94. The van der Waals surface area contributed by atoms with Crippen LogP contribution in [0.3, 0.4) is 0 Å². The normalized spacial score (nSPS) is 10.5. The molecule has 0 atom stereocenters. The smallest absolute Gasteiger partial charge is 0.277 e. The molecule has 0 heterocycles. The number of ether oxygens (including phenoxy) is 3. The quantitative estimate of drug-likeness (QED) is 0.580. The molecule has 2 aromatic rings. The van der Waals surface area contributed by atoms with Crippen molar-refractivity contribution in [3.05, 3.63) is 52.5 Å². The Morgan fingerprint density at radius 1 is 1.12 bits per heavy atom. The number of benzene rings is 2. The maximum absolute atomic E-state index is 11.7. The van der Waals surface area contributed by atoms with Gasteiger partial charge in [0.05, 0.1) is 20.4 Å². The fourth-order valence-corrected chi connectivity index (χ4v) is 2.20. The van der Waals surface area contributed by atoms with Crippen LogP contribution < -0.4 is 19.6 Å². The van der Waals surface area contributed by atoms with Gasteiger partial charge in [0.25, 0.3) is 5.91 Å². The van der Waals surface area contributed by atoms with Gasteiger partial charge in [0.1, 0.15) is 17.2 Å². The number of nitrogens with zero attached hydrogens (tertiary/aromatic N) is 1. The molecule has 2 aromatic carbocycles. The van der Waals surface area contributed by atoms with Crippen molar-refractivity contribution in [1.29, 1.82) is 0 Å². The molecule has 0 saturated heterocycles. The first-order valence-corrected chi connectivity index (χ1v) is 7.83. The van der Waals surface area contributed by atoms with E-state index in [0.29, 0.717) is 17.2 Å². The summed E-state index contributed by atoms with van der Waals surface area (Å²) in [7, 11) is 3.13. The standard InChI is InChI=1S/C17H17BrN2O4/c1-22-15-6-12(7-16(9-15)23-2)10-19-20-17(21)11-24-14-5-3-4-13(18)8-14/h3-10H,11H2,1-2H3,(H,20,21)/b19-10-. The molecule has 6 nitrogen and oxygen atoms in total. The number of methoxy groups -OCH3 is 2. The molecule has 0 aliphatic heterocycles. The van der Waals surface area contributed by atoms with Crippen molar-refractivity contribution >= 4 is 28.1 Å². The molecule has 24 heavy (non-hydrogen) atoms. The van der Waals surface area contributed by atoms with Crippen LogP contribution in [0.2, 0.25) is 0 Å². The average molecular weight is 393 g/mol. The van der Waals surface area contributed by atoms with Gasteiger partial charge in [0.2, 0.25) is 0 Å². The van der Waals surface area contributed by atoms with Gasteiger partial charge in [-0.2, -0.15) is 5.10 Å². The summed E-state index contributed by atoms with van der Waals surface area (Å²) in [6, 6.07) is 12.5. The van der Waals surface area contributed by atoms with E-state index in [0.717, 1.165) is 10.0 Å². The van der Waals surface area contributed by atoms with Crippen molar-refractivity contribution in [2.45, 2.75) is 0 Å². The van der Waals surface area contributed by atoms with E-state index in [9.17, 15) is 4.79 Å². The first-order chi connectivity index (χ1) is 11.6. The van der Waals surface area contributed by atoms with E-state index >= 15 is 0 Å². The zero-order chi connectivity index (χ0) is 17.4. The second kappa shape index (κ2) is 8.93. The zero-order valence-corrected chi connectivity index (χ0v) is 14.9. The summed E-state index contributed by atoms with van der Waals surface area (Å²) < 4.78 is 16.6. The van der Waals surface area contributed by atoms with Crippen molar-refractivity contribution in [3.8, 4) is 17.2 Å². The summed E-state index contributed by atoms with van der Waals surface area (Å²) >= 11 is 3.34. The van der Waals surface area contributed by atoms with E-state index < -0.39 is 0 Å². The first-order valence-electron chi connectivity index (χ1n) is 7.04. The van der Waals surface area contributed by atoms with Gasteiger partial charge in [-0.25, -0.2) is 5.43 Å². The van der Waals surface area contributed by atoms with E-state index in [1.54, 1.807) is 44.6 Å². The van der Waals surface area contributed by atoms with Gasteiger partial charge in [-0.15, -0.1) is 0 Å². The maximum Gasteiger partial charge on any atom is 0.277 e. The van der Waals surface area contributed by atoms with Gasteiger partial charge in [0, 0.05) is 16.1 Å². The number of hydrogen-bond donors (Lipinski definition) is 1. The lowest BCUT2D eigenvalue weighted by atomic mass is 10.2. The van der Waals surface area contributed by atoms with Crippen LogP contribution in [0.4, 0.5) is 0 Å². The van der Waals surface area contributed by atoms with Crippen molar-refractivity contribution in [2.75, 3.05) is 20.8 Å². The Hall–Kier alpha value is -2.54. The first kappa shape index (κ1) is 17.8. The topological polar surface area (TPSA) is 69.2 Å². The van der Waals surface area contributed by atoms with Gasteiger partial charge in [0.15, 0.2) is 6.61 Å². The number of amides is 1. The highest BCUT2D eigenvalue weighted by Crippen LogP contribution is 2.21. The highest BCUT2D eigenvalue weighted by molar-refractivity contribution is 9.10. The van der Waals surface area contributed by atoms with Crippen LogP contribution in [0, 0.1) is 0 Å². The highest BCUT2D eigenvalue weighted by Gasteiger charge is 2.03. The number of carbonyl (C=O) groups excluding carboxylic acids is 1. The van der Waals surface area contributed by atoms with Gasteiger partial charge in [-0.3, -0.25) is 4.79 Å². The van der Waals surface area contributed by atoms with Crippen LogP contribution >= 0.6 is 15.9 Å². The van der Waals surface area contributed by atoms with E-state index in [1.807, 2.05) is 12.1 Å². The third kappa shape index (κ3) is 5.58. The minimum atomic E-state index is -0.360. The second-order valence-electron chi connectivity index (χ2n) is 4.69. The van der Waals surface area contributed by atoms with E-state index in [-0.39, 0.29) is 12.5 Å². The largest absolute Gasteiger partial charge is 0.497 e. The van der Waals surface area contributed by atoms with Crippen molar-refractivity contribution in [2.24, 2.45) is 5.10 Å². The van der Waals surface area contributed by atoms with Gasteiger partial charge < -0.3 is 14.2 Å². The number of hydrogen-bond acceptors (Lipinski definition) is 5. The summed E-state index contributed by atoms with van der Waals surface area (Å²) in [6.45, 7) is -0.130. The lowest BCUT2D eigenvalue weighted by Crippen LogP contribution is -2.24. The number of halogens is 1. The predicted octanol–water partition coefficient (Wildman–Crippen LogP) is 3.00. The van der Waals surface area contributed by atoms with Gasteiger partial charge in [-0.05, 0) is 30.3 Å². The molecular weight excluding hydrogens is 376 g/mol. The van der Waals surface area contributed by atoms with E-state index in [4.69, 9.17) is 14.2 Å². The summed E-state index contributed by atoms with van der Waals surface area (Å²) in [4.78, 5) is 11.7. The van der Waals surface area contributed by atoms with Crippen LogP contribution in [0.1, 0.15) is 5.56 Å². The van der Waals surface area contributed by atoms with Crippen molar-refractivity contribution < 1.29 is 19.0 Å². The molecule has 0 spiro atoms. The molecular formula is C17H17BrN2O4. The van der Waals surface area contributed by atoms with Crippen LogP contribution in [-0.4, -0.2) is 32.9 Å². The lowest BCUT2D eigenvalue weighted by Gasteiger charge is -2.06. The number of rotatable bonds is 7. The fraction of sp³-hybridized carbons (Fsp3) is 0.176. The molecule has 0 aliphatic carbocycles. The number of nitrogens with one attached hydrogen (secondary N) is 1. The molecule has 126 valence electrons. The zero-order valence-electron chi connectivity index (χ0n) is 13.3. The minimum Gasteiger partial charge on any atom is -0.497 e. The Labute approximate surface area is 148 Å². The Bertz CT molecular complexity index is 712.